The molecule has 0 amide bonds. The largest absolute Gasteiger partial charge is 0.497 e. The van der Waals surface area contributed by atoms with Gasteiger partial charge in [0.25, 0.3) is 6.47 Å². The molecule has 2 aliphatic rings. The lowest BCUT2D eigenvalue weighted by atomic mass is 9.79. The highest BCUT2D eigenvalue weighted by molar-refractivity contribution is 5.53. The Morgan fingerprint density at radius 3 is 1.43 bits per heavy atom. The van der Waals surface area contributed by atoms with Crippen molar-refractivity contribution in [1.29, 1.82) is 0 Å². The normalized spacial score (nSPS) is 21.9. The molecule has 2 saturated carbocycles. The first-order chi connectivity index (χ1) is 19.4. The zero-order valence-electron chi connectivity index (χ0n) is 24.7. The predicted octanol–water partition coefficient (Wildman–Crippen LogP) is 8.99. The van der Waals surface area contributed by atoms with E-state index >= 15 is 0 Å². The monoisotopic (exact) mass is 542 g/mol. The smallest absolute Gasteiger partial charge is 0.298 e. The molecule has 0 aromatic heterocycles. The van der Waals surface area contributed by atoms with E-state index in [0.717, 1.165) is 36.7 Å². The molecule has 0 radical (unpaired) electrons. The molecule has 0 saturated heterocycles. The Kier molecular flexibility index (Phi) is 13.0. The van der Waals surface area contributed by atoms with Gasteiger partial charge in [-0.3, -0.25) is 4.79 Å². The minimum Gasteiger partial charge on any atom is -0.497 e. The van der Waals surface area contributed by atoms with Gasteiger partial charge in [0.2, 0.25) is 0 Å². The van der Waals surface area contributed by atoms with Gasteiger partial charge in [0.05, 0.1) is 7.11 Å². The molecule has 4 nitrogen and oxygen atoms in total. The van der Waals surface area contributed by atoms with E-state index in [1.165, 1.54) is 55.2 Å². The summed E-state index contributed by atoms with van der Waals surface area (Å²) in [4.78, 5) is 20.5. The molecular weight excluding hydrogens is 496 g/mol. The molecule has 0 aliphatic heterocycles. The number of carbonyl (C=O) groups excluding carboxylic acids is 2. The predicted molar refractivity (Wildman–Crippen MR) is 163 cm³/mol. The fraction of sp³-hybridized carbons (Fsp3) is 0.444. The molecule has 5 rings (SSSR count). The van der Waals surface area contributed by atoms with Crippen LogP contribution in [0.15, 0.2) is 72.8 Å². The van der Waals surface area contributed by atoms with E-state index in [-0.39, 0.29) is 0 Å². The average molecular weight is 543 g/mol. The third-order valence-corrected chi connectivity index (χ3v) is 8.32. The van der Waals surface area contributed by atoms with E-state index in [1.807, 2.05) is 0 Å². The standard InChI is InChI=1S/C14H18O.C14H20.C8H8O3/c1-11-2-6-13(7-3-11)14-8-4-12(10-15)5-9-14;1-11-3-7-13(8-4-11)14-9-5-12(2)6-10-14;1-10-7-2-4-8(5-3-7)11-6-9/h2-3,6-7,10,12,14H,4-5,8-9H2,1H3;3-4,7-8,12,14H,5-6,9-10H2,1-2H3;2-6H,1H3. The lowest BCUT2D eigenvalue weighted by Crippen LogP contribution is -2.14. The molecule has 3 aromatic carbocycles. The molecule has 214 valence electrons. The van der Waals surface area contributed by atoms with Crippen LogP contribution < -0.4 is 9.47 Å². The highest BCUT2D eigenvalue weighted by Gasteiger charge is 2.21. The molecular formula is C36H46O4. The molecule has 2 aliphatic carbocycles. The van der Waals surface area contributed by atoms with Crippen molar-refractivity contribution < 1.29 is 19.1 Å². The van der Waals surface area contributed by atoms with Gasteiger partial charge in [0, 0.05) is 5.92 Å². The molecule has 3 aromatic rings. The maximum Gasteiger partial charge on any atom is 0.298 e. The van der Waals surface area contributed by atoms with Gasteiger partial charge in [-0.2, -0.15) is 0 Å². The van der Waals surface area contributed by atoms with E-state index in [0.29, 0.717) is 24.1 Å². The number of methoxy groups -OCH3 is 1. The van der Waals surface area contributed by atoms with Crippen LogP contribution in [-0.2, 0) is 9.59 Å². The third-order valence-electron chi connectivity index (χ3n) is 8.32. The van der Waals surface area contributed by atoms with Gasteiger partial charge in [0.1, 0.15) is 17.8 Å². The van der Waals surface area contributed by atoms with Crippen LogP contribution in [0.2, 0.25) is 0 Å². The van der Waals surface area contributed by atoms with Crippen molar-refractivity contribution in [3.8, 4) is 11.5 Å². The number of benzene rings is 3. The zero-order valence-corrected chi connectivity index (χ0v) is 24.7. The van der Waals surface area contributed by atoms with Crippen molar-refractivity contribution in [3.05, 3.63) is 95.1 Å². The quantitative estimate of drug-likeness (QED) is 0.292. The van der Waals surface area contributed by atoms with Crippen LogP contribution in [0.25, 0.3) is 0 Å². The molecule has 4 heteroatoms. The molecule has 0 N–H and O–H groups in total. The Bertz CT molecular complexity index is 1120. The summed E-state index contributed by atoms with van der Waals surface area (Å²) < 4.78 is 9.47. The minimum atomic E-state index is 0.326. The Labute approximate surface area is 241 Å². The molecule has 0 bridgehead atoms. The Hall–Kier alpha value is -3.40. The van der Waals surface area contributed by atoms with Gasteiger partial charge in [-0.1, -0.05) is 79.4 Å². The van der Waals surface area contributed by atoms with Crippen molar-refractivity contribution >= 4 is 12.8 Å². The molecule has 0 heterocycles. The van der Waals surface area contributed by atoms with Gasteiger partial charge < -0.3 is 14.3 Å². The second-order valence-electron chi connectivity index (χ2n) is 11.4. The summed E-state index contributed by atoms with van der Waals surface area (Å²) in [5.41, 5.74) is 5.70. The van der Waals surface area contributed by atoms with Gasteiger partial charge in [-0.15, -0.1) is 0 Å². The van der Waals surface area contributed by atoms with Crippen LogP contribution in [-0.4, -0.2) is 19.9 Å². The van der Waals surface area contributed by atoms with Crippen molar-refractivity contribution in [2.24, 2.45) is 11.8 Å². The highest BCUT2D eigenvalue weighted by atomic mass is 16.5. The molecule has 0 atom stereocenters. The number of hydrogen-bond acceptors (Lipinski definition) is 4. The summed E-state index contributed by atoms with van der Waals surface area (Å²) in [6, 6.07) is 24.7. The summed E-state index contributed by atoms with van der Waals surface area (Å²) in [6.07, 6.45) is 11.2. The van der Waals surface area contributed by atoms with Crippen LogP contribution in [0.3, 0.4) is 0 Å². The van der Waals surface area contributed by atoms with Gasteiger partial charge in [-0.05, 0) is 106 Å². The maximum absolute atomic E-state index is 10.6. The fourth-order valence-electron chi connectivity index (χ4n) is 5.57. The molecule has 2 fully saturated rings. The van der Waals surface area contributed by atoms with E-state index in [2.05, 4.69) is 74.0 Å². The number of rotatable bonds is 6. The number of aryl methyl sites for hydroxylation is 2. The van der Waals surface area contributed by atoms with Crippen LogP contribution in [0.5, 0.6) is 11.5 Å². The number of hydrogen-bond donors (Lipinski definition) is 0. The SMILES string of the molecule is COc1ccc(OC=O)cc1.Cc1ccc(C2CCC(C)CC2)cc1.Cc1ccc(C2CCC(C=O)CC2)cc1. The number of aldehydes is 1. The first-order valence-electron chi connectivity index (χ1n) is 14.7. The first kappa shape index (κ1) is 31.1. The second-order valence-corrected chi connectivity index (χ2v) is 11.4. The summed E-state index contributed by atoms with van der Waals surface area (Å²) in [5.74, 6) is 4.06. The van der Waals surface area contributed by atoms with E-state index in [4.69, 9.17) is 4.74 Å². The average Bonchev–Trinajstić information content (AvgIpc) is 3.00. The molecule has 0 unspecified atom stereocenters. The number of carbonyl (C=O) groups is 2. The van der Waals surface area contributed by atoms with Crippen LogP contribution in [0.1, 0.15) is 92.4 Å². The summed E-state index contributed by atoms with van der Waals surface area (Å²) in [6.45, 7) is 7.05. The molecule has 0 spiro atoms. The Balaban J connectivity index is 0.000000168. The summed E-state index contributed by atoms with van der Waals surface area (Å²) in [5, 5.41) is 0. The van der Waals surface area contributed by atoms with E-state index in [1.54, 1.807) is 36.9 Å². The van der Waals surface area contributed by atoms with Crippen LogP contribution in [0, 0.1) is 25.7 Å². The van der Waals surface area contributed by atoms with Crippen LogP contribution in [0.4, 0.5) is 0 Å². The minimum absolute atomic E-state index is 0.326. The van der Waals surface area contributed by atoms with Crippen molar-refractivity contribution in [3.63, 3.8) is 0 Å². The highest BCUT2D eigenvalue weighted by Crippen LogP contribution is 2.36. The fourth-order valence-corrected chi connectivity index (χ4v) is 5.57. The molecule has 40 heavy (non-hydrogen) atoms. The summed E-state index contributed by atoms with van der Waals surface area (Å²) in [7, 11) is 1.58. The summed E-state index contributed by atoms with van der Waals surface area (Å²) >= 11 is 0. The van der Waals surface area contributed by atoms with Gasteiger partial charge >= 0.3 is 0 Å². The van der Waals surface area contributed by atoms with Gasteiger partial charge in [-0.25, -0.2) is 0 Å². The van der Waals surface area contributed by atoms with Crippen molar-refractivity contribution in [2.45, 2.75) is 84.0 Å². The van der Waals surface area contributed by atoms with Crippen molar-refractivity contribution in [1.82, 2.24) is 0 Å². The third kappa shape index (κ3) is 10.3. The topological polar surface area (TPSA) is 52.6 Å². The van der Waals surface area contributed by atoms with E-state index < -0.39 is 0 Å². The maximum atomic E-state index is 10.6. The van der Waals surface area contributed by atoms with Gasteiger partial charge in [0.15, 0.2) is 0 Å². The van der Waals surface area contributed by atoms with Crippen molar-refractivity contribution in [2.75, 3.05) is 7.11 Å². The zero-order chi connectivity index (χ0) is 28.7. The lowest BCUT2D eigenvalue weighted by Gasteiger charge is -2.26. The Morgan fingerprint density at radius 2 is 1.02 bits per heavy atom. The number of ether oxygens (including phenoxy) is 2. The first-order valence-corrected chi connectivity index (χ1v) is 14.7. The second kappa shape index (κ2) is 16.6. The van der Waals surface area contributed by atoms with E-state index in [9.17, 15) is 9.59 Å². The van der Waals surface area contributed by atoms with Crippen LogP contribution >= 0.6 is 0 Å². The lowest BCUT2D eigenvalue weighted by molar-refractivity contribution is -0.120. The Morgan fingerprint density at radius 1 is 0.600 bits per heavy atom.